The Bertz CT molecular complexity index is 844. The number of halogens is 1. The standard InChI is InChI=1S/C22H27ClN4O2/c1-3-25(4-2)19-10-8-18(9-11-19)24-21(28)22(29)27-14-12-26(13-15-27)20-7-5-6-17(23)16-20/h5-11,16H,3-4,12-15H2,1-2H3,(H,24,28). The fourth-order valence-electron chi connectivity index (χ4n) is 3.51. The lowest BCUT2D eigenvalue weighted by atomic mass is 10.2. The molecule has 0 atom stereocenters. The van der Waals surface area contributed by atoms with Gasteiger partial charge in [-0.2, -0.15) is 0 Å². The quantitative estimate of drug-likeness (QED) is 0.761. The third-order valence-corrected chi connectivity index (χ3v) is 5.42. The van der Waals surface area contributed by atoms with Gasteiger partial charge in [0.1, 0.15) is 0 Å². The number of nitrogens with one attached hydrogen (secondary N) is 1. The average molecular weight is 415 g/mol. The highest BCUT2D eigenvalue weighted by atomic mass is 35.5. The first-order chi connectivity index (χ1) is 14.0. The zero-order chi connectivity index (χ0) is 20.8. The molecule has 2 aromatic rings. The van der Waals surface area contributed by atoms with Gasteiger partial charge in [0.25, 0.3) is 0 Å². The summed E-state index contributed by atoms with van der Waals surface area (Å²) in [7, 11) is 0. The van der Waals surface area contributed by atoms with Gasteiger partial charge in [0.2, 0.25) is 0 Å². The maximum absolute atomic E-state index is 12.5. The molecular formula is C22H27ClN4O2. The lowest BCUT2D eigenvalue weighted by molar-refractivity contribution is -0.143. The molecule has 1 heterocycles. The molecule has 3 rings (SSSR count). The van der Waals surface area contributed by atoms with Gasteiger partial charge in [0, 0.05) is 61.4 Å². The molecule has 1 aliphatic rings. The molecule has 0 aromatic heterocycles. The summed E-state index contributed by atoms with van der Waals surface area (Å²) in [6.07, 6.45) is 0. The summed E-state index contributed by atoms with van der Waals surface area (Å²) in [5, 5.41) is 3.40. The fourth-order valence-corrected chi connectivity index (χ4v) is 3.70. The van der Waals surface area contributed by atoms with Gasteiger partial charge in [-0.3, -0.25) is 9.59 Å². The van der Waals surface area contributed by atoms with Gasteiger partial charge in [0.15, 0.2) is 0 Å². The first-order valence-corrected chi connectivity index (χ1v) is 10.4. The molecule has 1 N–H and O–H groups in total. The van der Waals surface area contributed by atoms with Crippen molar-refractivity contribution in [2.45, 2.75) is 13.8 Å². The van der Waals surface area contributed by atoms with Crippen LogP contribution in [0.2, 0.25) is 5.02 Å². The van der Waals surface area contributed by atoms with Crippen molar-refractivity contribution < 1.29 is 9.59 Å². The molecule has 0 bridgehead atoms. The number of piperazine rings is 1. The van der Waals surface area contributed by atoms with Crippen LogP contribution in [0.5, 0.6) is 0 Å². The van der Waals surface area contributed by atoms with E-state index >= 15 is 0 Å². The summed E-state index contributed by atoms with van der Waals surface area (Å²) < 4.78 is 0. The number of carbonyl (C=O) groups is 2. The van der Waals surface area contributed by atoms with Crippen LogP contribution in [0.4, 0.5) is 17.1 Å². The molecule has 0 saturated carbocycles. The maximum Gasteiger partial charge on any atom is 0.313 e. The van der Waals surface area contributed by atoms with Crippen molar-refractivity contribution in [1.82, 2.24) is 4.90 Å². The Hall–Kier alpha value is -2.73. The van der Waals surface area contributed by atoms with E-state index in [1.807, 2.05) is 48.5 Å². The van der Waals surface area contributed by atoms with E-state index in [0.29, 0.717) is 36.9 Å². The van der Waals surface area contributed by atoms with Gasteiger partial charge in [-0.25, -0.2) is 0 Å². The van der Waals surface area contributed by atoms with Crippen LogP contribution in [-0.2, 0) is 9.59 Å². The van der Waals surface area contributed by atoms with Crippen molar-refractivity contribution in [3.63, 3.8) is 0 Å². The van der Waals surface area contributed by atoms with E-state index in [-0.39, 0.29) is 0 Å². The van der Waals surface area contributed by atoms with Gasteiger partial charge in [0.05, 0.1) is 0 Å². The minimum atomic E-state index is -0.600. The van der Waals surface area contributed by atoms with Crippen LogP contribution in [0.1, 0.15) is 13.8 Å². The Balaban J connectivity index is 1.54. The Morgan fingerprint density at radius 2 is 1.66 bits per heavy atom. The monoisotopic (exact) mass is 414 g/mol. The summed E-state index contributed by atoms with van der Waals surface area (Å²) in [5.74, 6) is -1.10. The number of carbonyl (C=O) groups excluding carboxylic acids is 2. The molecule has 6 nitrogen and oxygen atoms in total. The van der Waals surface area contributed by atoms with E-state index in [9.17, 15) is 9.59 Å². The van der Waals surface area contributed by atoms with Gasteiger partial charge in [-0.15, -0.1) is 0 Å². The van der Waals surface area contributed by atoms with Crippen molar-refractivity contribution >= 4 is 40.5 Å². The van der Waals surface area contributed by atoms with Crippen LogP contribution in [0.3, 0.4) is 0 Å². The smallest absolute Gasteiger partial charge is 0.313 e. The Morgan fingerprint density at radius 1 is 1.00 bits per heavy atom. The molecule has 154 valence electrons. The number of hydrogen-bond donors (Lipinski definition) is 1. The van der Waals surface area contributed by atoms with Crippen molar-refractivity contribution in [3.05, 3.63) is 53.6 Å². The molecule has 0 aliphatic carbocycles. The number of benzene rings is 2. The van der Waals surface area contributed by atoms with Gasteiger partial charge in [-0.05, 0) is 56.3 Å². The van der Waals surface area contributed by atoms with E-state index in [4.69, 9.17) is 11.6 Å². The molecule has 1 saturated heterocycles. The maximum atomic E-state index is 12.5. The Kier molecular flexibility index (Phi) is 6.99. The van der Waals surface area contributed by atoms with Gasteiger partial charge < -0.3 is 20.0 Å². The topological polar surface area (TPSA) is 55.9 Å². The molecule has 0 spiro atoms. The van der Waals surface area contributed by atoms with Gasteiger partial charge in [-0.1, -0.05) is 17.7 Å². The zero-order valence-corrected chi connectivity index (χ0v) is 17.7. The average Bonchev–Trinajstić information content (AvgIpc) is 2.75. The van der Waals surface area contributed by atoms with Crippen LogP contribution in [0.15, 0.2) is 48.5 Å². The number of nitrogens with zero attached hydrogens (tertiary/aromatic N) is 3. The van der Waals surface area contributed by atoms with Crippen LogP contribution < -0.4 is 15.1 Å². The molecule has 29 heavy (non-hydrogen) atoms. The highest BCUT2D eigenvalue weighted by molar-refractivity contribution is 6.39. The molecular weight excluding hydrogens is 388 g/mol. The van der Waals surface area contributed by atoms with Gasteiger partial charge >= 0.3 is 11.8 Å². The zero-order valence-electron chi connectivity index (χ0n) is 16.9. The summed E-state index contributed by atoms with van der Waals surface area (Å²) in [6, 6.07) is 15.2. The second kappa shape index (κ2) is 9.65. The summed E-state index contributed by atoms with van der Waals surface area (Å²) in [5.41, 5.74) is 2.75. The highest BCUT2D eigenvalue weighted by Gasteiger charge is 2.26. The minimum absolute atomic E-state index is 0.497. The number of rotatable bonds is 5. The second-order valence-electron chi connectivity index (χ2n) is 6.93. The summed E-state index contributed by atoms with van der Waals surface area (Å²) in [6.45, 7) is 8.37. The first-order valence-electron chi connectivity index (χ1n) is 9.97. The van der Waals surface area contributed by atoms with Crippen LogP contribution >= 0.6 is 11.6 Å². The molecule has 1 aliphatic heterocycles. The largest absolute Gasteiger partial charge is 0.372 e. The highest BCUT2D eigenvalue weighted by Crippen LogP contribution is 2.21. The van der Waals surface area contributed by atoms with E-state index in [2.05, 4.69) is 29.0 Å². The Labute approximate surface area is 177 Å². The SMILES string of the molecule is CCN(CC)c1ccc(NC(=O)C(=O)N2CCN(c3cccc(Cl)c3)CC2)cc1. The molecule has 0 unspecified atom stereocenters. The second-order valence-corrected chi connectivity index (χ2v) is 7.37. The van der Waals surface area contributed by atoms with Crippen LogP contribution in [-0.4, -0.2) is 56.0 Å². The predicted octanol–water partition coefficient (Wildman–Crippen LogP) is 3.47. The van der Waals surface area contributed by atoms with Crippen LogP contribution in [0, 0.1) is 0 Å². The molecule has 2 amide bonds. The minimum Gasteiger partial charge on any atom is -0.372 e. The lowest BCUT2D eigenvalue weighted by Crippen LogP contribution is -2.51. The van der Waals surface area contributed by atoms with E-state index in [1.54, 1.807) is 4.90 Å². The van der Waals surface area contributed by atoms with E-state index in [1.165, 1.54) is 0 Å². The van der Waals surface area contributed by atoms with Crippen molar-refractivity contribution in [2.75, 3.05) is 54.4 Å². The third kappa shape index (κ3) is 5.21. The van der Waals surface area contributed by atoms with Crippen molar-refractivity contribution in [2.24, 2.45) is 0 Å². The lowest BCUT2D eigenvalue weighted by Gasteiger charge is -2.35. The summed E-state index contributed by atoms with van der Waals surface area (Å²) >= 11 is 6.06. The van der Waals surface area contributed by atoms with Crippen molar-refractivity contribution in [1.29, 1.82) is 0 Å². The Morgan fingerprint density at radius 3 is 2.24 bits per heavy atom. The first kappa shape index (κ1) is 21.0. The van der Waals surface area contributed by atoms with Crippen LogP contribution in [0.25, 0.3) is 0 Å². The molecule has 0 radical (unpaired) electrons. The van der Waals surface area contributed by atoms with E-state index < -0.39 is 11.8 Å². The van der Waals surface area contributed by atoms with Crippen molar-refractivity contribution in [3.8, 4) is 0 Å². The predicted molar refractivity (Wildman–Crippen MR) is 119 cm³/mol. The number of hydrogen-bond acceptors (Lipinski definition) is 4. The normalized spacial score (nSPS) is 13.9. The molecule has 7 heteroatoms. The number of anilines is 3. The fraction of sp³-hybridized carbons (Fsp3) is 0.364. The molecule has 1 fully saturated rings. The molecule has 2 aromatic carbocycles. The third-order valence-electron chi connectivity index (χ3n) is 5.19. The number of amides is 2. The van der Waals surface area contributed by atoms with E-state index in [0.717, 1.165) is 24.5 Å². The summed E-state index contributed by atoms with van der Waals surface area (Å²) in [4.78, 5) is 30.9.